The Hall–Kier alpha value is -4.99. The molecule has 1 fully saturated rings. The molecule has 1 atom stereocenters. The van der Waals surface area contributed by atoms with Gasteiger partial charge in [0, 0.05) is 25.5 Å². The van der Waals surface area contributed by atoms with Gasteiger partial charge in [0.05, 0.1) is 6.26 Å². The van der Waals surface area contributed by atoms with Gasteiger partial charge in [-0.2, -0.15) is 0 Å². The lowest BCUT2D eigenvalue weighted by Crippen LogP contribution is -2.20. The number of furan rings is 2. The zero-order valence-corrected chi connectivity index (χ0v) is 28.1. The summed E-state index contributed by atoms with van der Waals surface area (Å²) in [5.74, 6) is 2.71. The van der Waals surface area contributed by atoms with Crippen molar-refractivity contribution >= 4 is 37.3 Å². The van der Waals surface area contributed by atoms with Crippen LogP contribution in [0.15, 0.2) is 118 Å². The number of rotatable bonds is 5. The Morgan fingerprint density at radius 3 is 2.09 bits per heavy atom. The maximum atomic E-state index is 6.47. The van der Waals surface area contributed by atoms with Gasteiger partial charge >= 0.3 is 0 Å². The van der Waals surface area contributed by atoms with Crippen molar-refractivity contribution in [2.24, 2.45) is 0 Å². The average molecular weight is 625 g/mol. The molecule has 2 aromatic heterocycles. The van der Waals surface area contributed by atoms with Gasteiger partial charge in [0.15, 0.2) is 0 Å². The summed E-state index contributed by atoms with van der Waals surface area (Å²) in [6, 6.07) is 40.2. The highest BCUT2D eigenvalue weighted by Gasteiger charge is 2.38. The van der Waals surface area contributed by atoms with E-state index in [1.807, 2.05) is 13.0 Å². The van der Waals surface area contributed by atoms with Gasteiger partial charge < -0.3 is 8.83 Å². The van der Waals surface area contributed by atoms with Crippen molar-refractivity contribution in [2.75, 3.05) is 0 Å². The van der Waals surface area contributed by atoms with Gasteiger partial charge in [0.2, 0.25) is 0 Å². The van der Waals surface area contributed by atoms with Crippen molar-refractivity contribution in [3.63, 3.8) is 0 Å². The van der Waals surface area contributed by atoms with Crippen LogP contribution in [0.2, 0.25) is 12.1 Å². The largest absolute Gasteiger partial charge is 0.464 e. The zero-order valence-electron chi connectivity index (χ0n) is 27.1. The molecule has 0 amide bonds. The first-order valence-corrected chi connectivity index (χ1v) is 18.7. The Morgan fingerprint density at radius 2 is 1.45 bits per heavy atom. The third-order valence-electron chi connectivity index (χ3n) is 10.4. The molecule has 0 radical (unpaired) electrons. The van der Waals surface area contributed by atoms with Crippen molar-refractivity contribution in [1.82, 2.24) is 0 Å². The molecule has 0 bridgehead atoms. The maximum absolute atomic E-state index is 6.47. The lowest BCUT2D eigenvalue weighted by Gasteiger charge is -2.23. The molecule has 1 saturated heterocycles. The molecule has 4 aromatic carbocycles. The van der Waals surface area contributed by atoms with Crippen molar-refractivity contribution in [3.8, 4) is 22.3 Å². The Kier molecular flexibility index (Phi) is 6.65. The molecular formula is C44H36O2Si. The molecule has 1 unspecified atom stereocenters. The van der Waals surface area contributed by atoms with Gasteiger partial charge in [0.25, 0.3) is 0 Å². The average Bonchev–Trinajstić information content (AvgIpc) is 3.87. The molecule has 0 saturated carbocycles. The summed E-state index contributed by atoms with van der Waals surface area (Å²) in [4.78, 5) is 1.60. The molecule has 3 heteroatoms. The number of hydrogen-bond acceptors (Lipinski definition) is 2. The second kappa shape index (κ2) is 11.1. The summed E-state index contributed by atoms with van der Waals surface area (Å²) < 4.78 is 12.7. The van der Waals surface area contributed by atoms with Crippen molar-refractivity contribution in [1.29, 1.82) is 0 Å². The standard InChI is InChI=1S/C44H36O2Si/c1-27-17-19-33-34(40(27)30-12-6-4-7-13-30)26-36(38-20-18-28(2)46-38)43(33)44-35(37-16-10-21-45-37)24-32-25-39(47-22-11-23-47)29(3)41(42(32)44)31-14-8-5-9-15-31/h4-10,12-21,24-26,43H,11,22-23H2,1-3H3. The van der Waals surface area contributed by atoms with Crippen LogP contribution in [0.5, 0.6) is 0 Å². The minimum Gasteiger partial charge on any atom is -0.464 e. The van der Waals surface area contributed by atoms with E-state index in [0.29, 0.717) is 0 Å². The SMILES string of the molecule is Cc1ccc(C2=Cc3c(ccc(C)c3-c3ccccc3)C2C2=c3c(cc(=[Si]4CCC4)c(C)c3-c3ccccc3)C=C2c2ccco2)o1. The number of fused-ring (bicyclic) bond motifs is 2. The van der Waals surface area contributed by atoms with E-state index in [9.17, 15) is 0 Å². The van der Waals surface area contributed by atoms with Gasteiger partial charge in [-0.25, -0.2) is 0 Å². The summed E-state index contributed by atoms with van der Waals surface area (Å²) in [5, 5.41) is 1.33. The second-order valence-corrected chi connectivity index (χ2v) is 16.0. The smallest absolute Gasteiger partial charge is 0.134 e. The number of hydrogen-bond donors (Lipinski definition) is 0. The molecule has 3 aliphatic rings. The second-order valence-electron chi connectivity index (χ2n) is 13.2. The number of allylic oxidation sites excluding steroid dienone is 2. The lowest BCUT2D eigenvalue weighted by molar-refractivity contribution is 0.520. The molecule has 0 N–H and O–H groups in total. The fourth-order valence-electron chi connectivity index (χ4n) is 8.13. The first kappa shape index (κ1) is 28.2. The molecule has 1 aliphatic heterocycles. The molecule has 6 aromatic rings. The van der Waals surface area contributed by atoms with Gasteiger partial charge in [-0.15, -0.1) is 0 Å². The first-order chi connectivity index (χ1) is 23.1. The van der Waals surface area contributed by atoms with E-state index >= 15 is 0 Å². The maximum Gasteiger partial charge on any atom is 0.134 e. The molecule has 0 spiro atoms. The molecular weight excluding hydrogens is 589 g/mol. The monoisotopic (exact) mass is 624 g/mol. The zero-order chi connectivity index (χ0) is 31.6. The lowest BCUT2D eigenvalue weighted by atomic mass is 9.80. The highest BCUT2D eigenvalue weighted by Crippen LogP contribution is 2.54. The predicted molar refractivity (Wildman–Crippen MR) is 196 cm³/mol. The van der Waals surface area contributed by atoms with E-state index in [1.54, 1.807) is 11.1 Å². The molecule has 47 heavy (non-hydrogen) atoms. The van der Waals surface area contributed by atoms with Crippen LogP contribution < -0.4 is 5.22 Å². The van der Waals surface area contributed by atoms with E-state index in [4.69, 9.17) is 8.83 Å². The fraction of sp³-hybridized carbons (Fsp3) is 0.159. The Morgan fingerprint density at radius 1 is 0.702 bits per heavy atom. The van der Waals surface area contributed by atoms with Gasteiger partial charge in [-0.05, 0) is 135 Å². The van der Waals surface area contributed by atoms with E-state index in [-0.39, 0.29) is 5.92 Å². The van der Waals surface area contributed by atoms with Crippen LogP contribution in [0.4, 0.5) is 0 Å². The third kappa shape index (κ3) is 4.48. The van der Waals surface area contributed by atoms with Crippen LogP contribution in [-0.4, -0.2) is 8.41 Å². The topological polar surface area (TPSA) is 26.3 Å². The van der Waals surface area contributed by atoms with Crippen LogP contribution in [0.25, 0.3) is 51.1 Å². The molecule has 2 nitrogen and oxygen atoms in total. The molecule has 228 valence electrons. The van der Waals surface area contributed by atoms with Crippen LogP contribution in [0.1, 0.15) is 57.4 Å². The highest BCUT2D eigenvalue weighted by molar-refractivity contribution is 6.53. The number of benzene rings is 4. The van der Waals surface area contributed by atoms with Crippen LogP contribution >= 0.6 is 0 Å². The summed E-state index contributed by atoms with van der Waals surface area (Å²) in [5.41, 5.74) is 15.5. The quantitative estimate of drug-likeness (QED) is 0.178. The van der Waals surface area contributed by atoms with E-state index < -0.39 is 8.41 Å². The van der Waals surface area contributed by atoms with Crippen molar-refractivity contribution < 1.29 is 8.83 Å². The minimum absolute atomic E-state index is 0.0402. The van der Waals surface area contributed by atoms with Crippen molar-refractivity contribution in [2.45, 2.75) is 45.2 Å². The third-order valence-corrected chi connectivity index (χ3v) is 13.6. The Bertz CT molecular complexity index is 2380. The van der Waals surface area contributed by atoms with Gasteiger partial charge in [-0.3, -0.25) is 0 Å². The Balaban J connectivity index is 1.43. The Labute approximate surface area is 277 Å². The van der Waals surface area contributed by atoms with Crippen LogP contribution in [-0.2, 0) is 0 Å². The van der Waals surface area contributed by atoms with Crippen molar-refractivity contribution in [3.05, 3.63) is 165 Å². The summed E-state index contributed by atoms with van der Waals surface area (Å²) in [6.07, 6.45) is 7.97. The van der Waals surface area contributed by atoms with E-state index in [1.165, 1.54) is 90.5 Å². The molecule has 2 aliphatic carbocycles. The normalized spacial score (nSPS) is 16.5. The summed E-state index contributed by atoms with van der Waals surface area (Å²) in [6.45, 7) is 6.64. The van der Waals surface area contributed by atoms with Crippen LogP contribution in [0, 0.1) is 25.6 Å². The molecule has 3 heterocycles. The van der Waals surface area contributed by atoms with Crippen LogP contribution in [0.3, 0.4) is 0 Å². The van der Waals surface area contributed by atoms with E-state index in [0.717, 1.165) is 17.3 Å². The summed E-state index contributed by atoms with van der Waals surface area (Å²) in [7, 11) is -0.540. The fourth-order valence-corrected chi connectivity index (χ4v) is 10.4. The molecule has 9 rings (SSSR count). The highest BCUT2D eigenvalue weighted by atomic mass is 28.2. The summed E-state index contributed by atoms with van der Waals surface area (Å²) >= 11 is 0. The predicted octanol–water partition coefficient (Wildman–Crippen LogP) is 10.9. The van der Waals surface area contributed by atoms with Gasteiger partial charge in [0.1, 0.15) is 17.3 Å². The van der Waals surface area contributed by atoms with E-state index in [2.05, 4.69) is 123 Å². The first-order valence-electron chi connectivity index (χ1n) is 16.8. The van der Waals surface area contributed by atoms with Gasteiger partial charge in [-0.1, -0.05) is 85.3 Å². The minimum atomic E-state index is -0.540. The number of aryl methyl sites for hydroxylation is 2.